The van der Waals surface area contributed by atoms with E-state index in [0.717, 1.165) is 86.5 Å². The third-order valence-electron chi connectivity index (χ3n) is 13.1. The number of ketones is 1. The Balaban J connectivity index is 1.35. The van der Waals surface area contributed by atoms with Crippen LogP contribution in [-0.4, -0.2) is 45.7 Å². The average Bonchev–Trinajstić information content (AvgIpc) is 3.94. The summed E-state index contributed by atoms with van der Waals surface area (Å²) in [5.74, 6) is -1.72. The maximum absolute atomic E-state index is 14.4. The van der Waals surface area contributed by atoms with E-state index in [-0.39, 0.29) is 36.6 Å². The summed E-state index contributed by atoms with van der Waals surface area (Å²) in [4.78, 5) is 52.3. The summed E-state index contributed by atoms with van der Waals surface area (Å²) in [7, 11) is 0. The van der Waals surface area contributed by atoms with Gasteiger partial charge in [0.05, 0.1) is 5.69 Å². The van der Waals surface area contributed by atoms with Crippen LogP contribution in [0.3, 0.4) is 0 Å². The number of Topliss-reactive ketones (excluding diaryl/α,β-unsaturated/α-hetero) is 1. The largest absolute Gasteiger partial charge is 0.461 e. The van der Waals surface area contributed by atoms with Crippen molar-refractivity contribution < 1.29 is 23.9 Å². The highest BCUT2D eigenvalue weighted by atomic mass is 16.5. The first-order valence-electron chi connectivity index (χ1n) is 21.9. The fourth-order valence-corrected chi connectivity index (χ4v) is 9.48. The quantitative estimate of drug-likeness (QED) is 0.0301. The first kappa shape index (κ1) is 44.2. The maximum Gasteiger partial charge on any atom is 0.327 e. The first-order valence-corrected chi connectivity index (χ1v) is 21.9. The van der Waals surface area contributed by atoms with Crippen LogP contribution >= 0.6 is 0 Å². The Bertz CT molecular complexity index is 2390. The van der Waals surface area contributed by atoms with Crippen molar-refractivity contribution >= 4 is 54.0 Å². The van der Waals surface area contributed by atoms with Gasteiger partial charge < -0.3 is 29.7 Å². The van der Waals surface area contributed by atoms with Gasteiger partial charge >= 0.3 is 11.9 Å². The van der Waals surface area contributed by atoms with Crippen LogP contribution < -0.4 is 16.0 Å². The molecule has 60 heavy (non-hydrogen) atoms. The summed E-state index contributed by atoms with van der Waals surface area (Å²) in [6.07, 6.45) is 19.2. The van der Waals surface area contributed by atoms with Crippen LogP contribution in [0.1, 0.15) is 154 Å². The number of esters is 2. The normalized spacial score (nSPS) is 22.0. The van der Waals surface area contributed by atoms with Gasteiger partial charge in [0, 0.05) is 74.1 Å². The second-order valence-electron chi connectivity index (χ2n) is 17.7. The lowest BCUT2D eigenvalue weighted by atomic mass is 9.85. The number of ether oxygens (including phenoxy) is 2. The van der Waals surface area contributed by atoms with Crippen molar-refractivity contribution in [1.82, 2.24) is 20.3 Å². The third kappa shape index (κ3) is 9.03. The Morgan fingerprint density at radius 1 is 0.917 bits per heavy atom. The van der Waals surface area contributed by atoms with E-state index in [2.05, 4.69) is 94.4 Å². The molecule has 0 aromatic carbocycles. The van der Waals surface area contributed by atoms with E-state index in [0.29, 0.717) is 41.3 Å². The standard InChI is InChI=1S/C50H65N5O5/c1-11-34-30(7)37-23-39-32(9)36(19-20-43(56)59-22-21-29(6)18-14-17-28(5)16-13-15-27(3)4)47(54-39)45-46(50(58)60-26-51)49(57)44-33(10)40(55-48(44)45)25-42-35(12-2)31(8)38(53-42)24-41(34)52-37/h11,21,23-28,32,36,46,51-55H,1,12-20,22H2,2-10H3/b29-21+,38-24-,39-23-,42-25-,47-45-,51-26?/t28-,32+,36+,46-/m1/s1. The summed E-state index contributed by atoms with van der Waals surface area (Å²) in [5, 5.41) is 13.1. The minimum Gasteiger partial charge on any atom is -0.461 e. The highest BCUT2D eigenvalue weighted by Gasteiger charge is 2.48. The zero-order valence-electron chi connectivity index (χ0n) is 37.2. The monoisotopic (exact) mass is 815 g/mol. The smallest absolute Gasteiger partial charge is 0.327 e. The summed E-state index contributed by atoms with van der Waals surface area (Å²) in [6, 6.07) is 0. The van der Waals surface area contributed by atoms with Gasteiger partial charge in [-0.3, -0.25) is 19.8 Å². The van der Waals surface area contributed by atoms with Crippen molar-refractivity contribution in [1.29, 1.82) is 5.41 Å². The molecular formula is C50H65N5O5. The summed E-state index contributed by atoms with van der Waals surface area (Å²) in [5.41, 5.74) is 11.9. The number of nitrogens with one attached hydrogen (secondary N) is 5. The fourth-order valence-electron chi connectivity index (χ4n) is 9.48. The van der Waals surface area contributed by atoms with E-state index in [1.54, 1.807) is 0 Å². The number of allylic oxidation sites excluding steroid dienone is 3. The molecule has 2 aliphatic heterocycles. The molecule has 8 bridgehead atoms. The molecule has 3 aromatic heterocycles. The number of carbonyl (C=O) groups excluding carboxylic acids is 3. The minimum atomic E-state index is -1.29. The van der Waals surface area contributed by atoms with Gasteiger partial charge in [0.15, 0.2) is 12.2 Å². The lowest BCUT2D eigenvalue weighted by Gasteiger charge is -2.19. The molecule has 0 spiro atoms. The Hall–Kier alpha value is -5.38. The highest BCUT2D eigenvalue weighted by molar-refractivity contribution is 6.25. The molecule has 3 aromatic rings. The van der Waals surface area contributed by atoms with Crippen LogP contribution in [0.5, 0.6) is 0 Å². The van der Waals surface area contributed by atoms with Gasteiger partial charge in [0.1, 0.15) is 12.5 Å². The fraction of sp³-hybridized carbons (Fsp3) is 0.480. The molecule has 10 heteroatoms. The number of hydrogen-bond acceptors (Lipinski definition) is 7. The van der Waals surface area contributed by atoms with Gasteiger partial charge in [-0.25, -0.2) is 0 Å². The molecule has 1 fully saturated rings. The van der Waals surface area contributed by atoms with Crippen LogP contribution in [0, 0.1) is 55.8 Å². The zero-order valence-corrected chi connectivity index (χ0v) is 37.2. The van der Waals surface area contributed by atoms with Crippen LogP contribution in [-0.2, 0) is 25.5 Å². The summed E-state index contributed by atoms with van der Waals surface area (Å²) >= 11 is 0. The number of aromatic amines is 3. The molecule has 0 unspecified atom stereocenters. The second kappa shape index (κ2) is 18.9. The van der Waals surface area contributed by atoms with E-state index >= 15 is 0 Å². The van der Waals surface area contributed by atoms with Crippen LogP contribution in [0.4, 0.5) is 0 Å². The zero-order chi connectivity index (χ0) is 43.4. The molecule has 6 rings (SSSR count). The maximum atomic E-state index is 14.4. The van der Waals surface area contributed by atoms with Gasteiger partial charge in [-0.15, -0.1) is 0 Å². The van der Waals surface area contributed by atoms with Crippen LogP contribution in [0.2, 0.25) is 0 Å². The number of fused-ring (bicyclic) bond motifs is 7. The van der Waals surface area contributed by atoms with Crippen molar-refractivity contribution in [3.05, 3.63) is 96.5 Å². The van der Waals surface area contributed by atoms with Crippen molar-refractivity contribution in [2.45, 2.75) is 120 Å². The minimum absolute atomic E-state index is 0.131. The van der Waals surface area contributed by atoms with E-state index in [9.17, 15) is 14.4 Å². The number of aromatic nitrogens is 3. The molecule has 5 N–H and O–H groups in total. The number of carbonyl (C=O) groups is 3. The molecule has 5 heterocycles. The molecule has 10 nitrogen and oxygen atoms in total. The van der Waals surface area contributed by atoms with Crippen LogP contribution in [0.15, 0.2) is 29.6 Å². The van der Waals surface area contributed by atoms with Gasteiger partial charge in [-0.2, -0.15) is 0 Å². The van der Waals surface area contributed by atoms with E-state index < -0.39 is 11.9 Å². The number of rotatable bonds is 17. The molecule has 0 amide bonds. The molecule has 1 aliphatic carbocycles. The molecule has 1 saturated heterocycles. The first-order chi connectivity index (χ1) is 28.7. The lowest BCUT2D eigenvalue weighted by Crippen LogP contribution is -2.25. The van der Waals surface area contributed by atoms with Gasteiger partial charge in [-0.05, 0) is 112 Å². The molecule has 3 aliphatic rings. The predicted octanol–water partition coefficient (Wildman–Crippen LogP) is 9.25. The molecule has 4 atom stereocenters. The van der Waals surface area contributed by atoms with Gasteiger partial charge in [0.25, 0.3) is 0 Å². The third-order valence-corrected chi connectivity index (χ3v) is 13.1. The van der Waals surface area contributed by atoms with E-state index in [4.69, 9.17) is 14.9 Å². The van der Waals surface area contributed by atoms with E-state index in [1.165, 1.54) is 31.3 Å². The van der Waals surface area contributed by atoms with Crippen molar-refractivity contribution in [2.75, 3.05) is 6.61 Å². The summed E-state index contributed by atoms with van der Waals surface area (Å²) in [6.45, 7) is 23.7. The average molecular weight is 816 g/mol. The number of hydrogen-bond donors (Lipinski definition) is 5. The predicted molar refractivity (Wildman–Crippen MR) is 241 cm³/mol. The van der Waals surface area contributed by atoms with Crippen molar-refractivity contribution in [3.63, 3.8) is 0 Å². The SMILES string of the molecule is C=Cc1c2[nH]c(c1C)/C=C1\N/C(=C3\c4[nH]c(c(C)c4C(=O)[C@@H]3C(=O)OC=N)/C=c3\[nH]/c(c(C)c3CC)=C\2)[C@@H](CCC(=O)OC/C=C(\C)CCC[C@H](C)CCCC(C)C)[C@@H]1C. The molecule has 0 radical (unpaired) electrons. The Labute approximate surface area is 355 Å². The second-order valence-corrected chi connectivity index (χ2v) is 17.7. The van der Waals surface area contributed by atoms with Gasteiger partial charge in [0.2, 0.25) is 0 Å². The Morgan fingerprint density at radius 3 is 2.33 bits per heavy atom. The molecular weight excluding hydrogens is 751 g/mol. The van der Waals surface area contributed by atoms with E-state index in [1.807, 2.05) is 25.2 Å². The van der Waals surface area contributed by atoms with Crippen molar-refractivity contribution in [2.24, 2.45) is 29.6 Å². The topological polar surface area (TPSA) is 153 Å². The Morgan fingerprint density at radius 2 is 1.63 bits per heavy atom. The van der Waals surface area contributed by atoms with Crippen molar-refractivity contribution in [3.8, 4) is 0 Å². The van der Waals surface area contributed by atoms with Gasteiger partial charge in [-0.1, -0.05) is 78.5 Å². The molecule has 0 saturated carbocycles. The summed E-state index contributed by atoms with van der Waals surface area (Å²) < 4.78 is 10.9. The number of H-pyrrole nitrogens is 3. The Kier molecular flexibility index (Phi) is 13.9. The highest BCUT2D eigenvalue weighted by Crippen LogP contribution is 2.48. The van der Waals surface area contributed by atoms with Crippen LogP contribution in [0.25, 0.3) is 29.9 Å². The molecule has 320 valence electrons. The lowest BCUT2D eigenvalue weighted by molar-refractivity contribution is -0.142.